The van der Waals surface area contributed by atoms with Crippen LogP contribution in [0.2, 0.25) is 0 Å². The molecule has 0 bridgehead atoms. The maximum atomic E-state index is 13.2. The summed E-state index contributed by atoms with van der Waals surface area (Å²) in [4.78, 5) is 17.5. The first-order valence-corrected chi connectivity index (χ1v) is 9.59. The largest absolute Gasteiger partial charge is 0.339 e. The standard InChI is InChI=1S/C22H27N3O.2ClH/c23-20-16-25(15-19(20)18-10-5-2-6-11-18)22(26)21-12-7-13-24(21)14-17-8-3-1-4-9-17;;/h1-6,8-11,19-21H,7,12-16,23H2;2*1H/t19-,20+,21?;;/m0../s1. The van der Waals surface area contributed by atoms with Gasteiger partial charge < -0.3 is 10.6 Å². The van der Waals surface area contributed by atoms with Crippen molar-refractivity contribution in [1.82, 2.24) is 9.80 Å². The van der Waals surface area contributed by atoms with Crippen molar-refractivity contribution in [1.29, 1.82) is 0 Å². The molecule has 1 unspecified atom stereocenters. The predicted molar refractivity (Wildman–Crippen MR) is 118 cm³/mol. The van der Waals surface area contributed by atoms with Crippen molar-refractivity contribution in [2.75, 3.05) is 19.6 Å². The van der Waals surface area contributed by atoms with Gasteiger partial charge in [0.2, 0.25) is 5.91 Å². The monoisotopic (exact) mass is 421 g/mol. The van der Waals surface area contributed by atoms with Gasteiger partial charge in [0.1, 0.15) is 0 Å². The van der Waals surface area contributed by atoms with Crippen LogP contribution < -0.4 is 5.73 Å². The summed E-state index contributed by atoms with van der Waals surface area (Å²) in [6, 6.07) is 20.8. The molecule has 0 saturated carbocycles. The van der Waals surface area contributed by atoms with Gasteiger partial charge in [0.15, 0.2) is 0 Å². The van der Waals surface area contributed by atoms with Gasteiger partial charge in [0, 0.05) is 31.6 Å². The van der Waals surface area contributed by atoms with E-state index < -0.39 is 0 Å². The molecule has 0 radical (unpaired) electrons. The van der Waals surface area contributed by atoms with E-state index in [4.69, 9.17) is 5.73 Å². The second-order valence-corrected chi connectivity index (χ2v) is 7.54. The SMILES string of the molecule is Cl.Cl.N[C@@H]1CN(C(=O)C2CCCN2Cc2ccccc2)C[C@H]1c1ccccc1. The summed E-state index contributed by atoms with van der Waals surface area (Å²) < 4.78 is 0. The molecule has 2 heterocycles. The van der Waals surface area contributed by atoms with E-state index in [1.165, 1.54) is 11.1 Å². The van der Waals surface area contributed by atoms with E-state index in [0.717, 1.165) is 32.5 Å². The van der Waals surface area contributed by atoms with E-state index in [9.17, 15) is 4.79 Å². The molecule has 28 heavy (non-hydrogen) atoms. The third-order valence-electron chi connectivity index (χ3n) is 5.78. The summed E-state index contributed by atoms with van der Waals surface area (Å²) in [5, 5.41) is 0. The molecule has 0 spiro atoms. The van der Waals surface area contributed by atoms with E-state index in [2.05, 4.69) is 41.3 Å². The molecule has 0 aliphatic carbocycles. The molecule has 2 aliphatic rings. The molecule has 2 aromatic carbocycles. The minimum absolute atomic E-state index is 0. The zero-order chi connectivity index (χ0) is 17.9. The van der Waals surface area contributed by atoms with Gasteiger partial charge in [-0.1, -0.05) is 60.7 Å². The Morgan fingerprint density at radius 1 is 0.964 bits per heavy atom. The molecule has 152 valence electrons. The number of amides is 1. The van der Waals surface area contributed by atoms with Crippen LogP contribution in [0.1, 0.15) is 29.9 Å². The van der Waals surface area contributed by atoms with Crippen LogP contribution in [-0.2, 0) is 11.3 Å². The van der Waals surface area contributed by atoms with Crippen molar-refractivity contribution >= 4 is 30.7 Å². The summed E-state index contributed by atoms with van der Waals surface area (Å²) in [5.74, 6) is 0.497. The van der Waals surface area contributed by atoms with E-state index >= 15 is 0 Å². The van der Waals surface area contributed by atoms with Crippen LogP contribution in [-0.4, -0.2) is 47.4 Å². The first kappa shape index (κ1) is 22.7. The normalized spacial score (nSPS) is 24.5. The number of halogens is 2. The van der Waals surface area contributed by atoms with Gasteiger partial charge in [-0.15, -0.1) is 24.8 Å². The molecule has 2 aliphatic heterocycles. The van der Waals surface area contributed by atoms with Gasteiger partial charge in [0.05, 0.1) is 6.04 Å². The highest BCUT2D eigenvalue weighted by Gasteiger charge is 2.39. The number of likely N-dealkylation sites (tertiary alicyclic amines) is 2. The molecule has 6 heteroatoms. The summed E-state index contributed by atoms with van der Waals surface area (Å²) in [7, 11) is 0. The maximum absolute atomic E-state index is 13.2. The lowest BCUT2D eigenvalue weighted by Gasteiger charge is -2.28. The maximum Gasteiger partial charge on any atom is 0.240 e. The van der Waals surface area contributed by atoms with Crippen LogP contribution in [0.3, 0.4) is 0 Å². The van der Waals surface area contributed by atoms with E-state index in [0.29, 0.717) is 6.54 Å². The van der Waals surface area contributed by atoms with E-state index in [1.807, 2.05) is 29.2 Å². The Labute approximate surface area is 179 Å². The van der Waals surface area contributed by atoms with Crippen molar-refractivity contribution in [3.05, 3.63) is 71.8 Å². The van der Waals surface area contributed by atoms with Crippen molar-refractivity contribution in [2.45, 2.75) is 37.4 Å². The fraction of sp³-hybridized carbons (Fsp3) is 0.409. The molecular weight excluding hydrogens is 393 g/mol. The van der Waals surface area contributed by atoms with Crippen LogP contribution in [0.25, 0.3) is 0 Å². The smallest absolute Gasteiger partial charge is 0.240 e. The fourth-order valence-electron chi connectivity index (χ4n) is 4.39. The number of nitrogens with two attached hydrogens (primary N) is 1. The predicted octanol–water partition coefficient (Wildman–Crippen LogP) is 3.45. The van der Waals surface area contributed by atoms with Crippen molar-refractivity contribution < 1.29 is 4.79 Å². The molecule has 2 N–H and O–H groups in total. The van der Waals surface area contributed by atoms with Gasteiger partial charge in [0.25, 0.3) is 0 Å². The highest BCUT2D eigenvalue weighted by Crippen LogP contribution is 2.29. The number of carbonyl (C=O) groups excluding carboxylic acids is 1. The molecule has 1 amide bonds. The summed E-state index contributed by atoms with van der Waals surface area (Å²) in [6.45, 7) is 3.24. The first-order valence-electron chi connectivity index (χ1n) is 9.59. The Balaban J connectivity index is 0.00000140. The lowest BCUT2D eigenvalue weighted by atomic mass is 9.95. The molecule has 4 nitrogen and oxygen atoms in total. The molecule has 2 saturated heterocycles. The number of rotatable bonds is 4. The number of carbonyl (C=O) groups is 1. The van der Waals surface area contributed by atoms with Crippen molar-refractivity contribution in [3.8, 4) is 0 Å². The molecule has 2 fully saturated rings. The highest BCUT2D eigenvalue weighted by molar-refractivity contribution is 5.85. The first-order chi connectivity index (χ1) is 12.7. The number of benzene rings is 2. The number of nitrogens with zero attached hydrogens (tertiary/aromatic N) is 2. The number of hydrogen-bond donors (Lipinski definition) is 1. The Morgan fingerprint density at radius 3 is 2.29 bits per heavy atom. The molecule has 2 aromatic rings. The third kappa shape index (κ3) is 4.87. The van der Waals surface area contributed by atoms with Crippen molar-refractivity contribution in [2.24, 2.45) is 5.73 Å². The average Bonchev–Trinajstić information content (AvgIpc) is 3.29. The van der Waals surface area contributed by atoms with Crippen LogP contribution in [0.5, 0.6) is 0 Å². The van der Waals surface area contributed by atoms with Gasteiger partial charge in [-0.05, 0) is 30.5 Å². The minimum atomic E-state index is -0.00284. The van der Waals surface area contributed by atoms with E-state index in [-0.39, 0.29) is 48.7 Å². The second-order valence-electron chi connectivity index (χ2n) is 7.54. The van der Waals surface area contributed by atoms with Crippen LogP contribution in [0.4, 0.5) is 0 Å². The minimum Gasteiger partial charge on any atom is -0.339 e. The zero-order valence-electron chi connectivity index (χ0n) is 15.9. The van der Waals surface area contributed by atoms with Gasteiger partial charge in [-0.3, -0.25) is 9.69 Å². The summed E-state index contributed by atoms with van der Waals surface area (Å²) in [5.41, 5.74) is 8.90. The zero-order valence-corrected chi connectivity index (χ0v) is 17.6. The lowest BCUT2D eigenvalue weighted by Crippen LogP contribution is -2.45. The topological polar surface area (TPSA) is 49.6 Å². The quantitative estimate of drug-likeness (QED) is 0.821. The Hall–Kier alpha value is -1.59. The molecular formula is C22H29Cl2N3O. The van der Waals surface area contributed by atoms with Crippen molar-refractivity contribution in [3.63, 3.8) is 0 Å². The van der Waals surface area contributed by atoms with Gasteiger partial charge in [-0.25, -0.2) is 0 Å². The second kappa shape index (κ2) is 10.3. The van der Waals surface area contributed by atoms with Crippen LogP contribution >= 0.6 is 24.8 Å². The molecule has 0 aromatic heterocycles. The third-order valence-corrected chi connectivity index (χ3v) is 5.78. The lowest BCUT2D eigenvalue weighted by molar-refractivity contribution is -0.135. The van der Waals surface area contributed by atoms with Crippen LogP contribution in [0, 0.1) is 0 Å². The number of hydrogen-bond acceptors (Lipinski definition) is 3. The molecule has 4 rings (SSSR count). The molecule has 3 atom stereocenters. The Kier molecular flexibility index (Phi) is 8.32. The van der Waals surface area contributed by atoms with E-state index in [1.54, 1.807) is 0 Å². The summed E-state index contributed by atoms with van der Waals surface area (Å²) >= 11 is 0. The van der Waals surface area contributed by atoms with Crippen LogP contribution in [0.15, 0.2) is 60.7 Å². The van der Waals surface area contributed by atoms with Gasteiger partial charge >= 0.3 is 0 Å². The summed E-state index contributed by atoms with van der Waals surface area (Å²) in [6.07, 6.45) is 2.04. The Morgan fingerprint density at radius 2 is 1.61 bits per heavy atom. The average molecular weight is 422 g/mol. The highest BCUT2D eigenvalue weighted by atomic mass is 35.5. The fourth-order valence-corrected chi connectivity index (χ4v) is 4.39. The Bertz CT molecular complexity index is 744. The van der Waals surface area contributed by atoms with Gasteiger partial charge in [-0.2, -0.15) is 0 Å².